The van der Waals surface area contributed by atoms with Gasteiger partial charge < -0.3 is 14.4 Å². The van der Waals surface area contributed by atoms with Gasteiger partial charge in [0.2, 0.25) is 10.0 Å². The number of sulfonamides is 1. The topological polar surface area (TPSA) is 89.0 Å². The molecule has 9 heteroatoms. The van der Waals surface area contributed by atoms with Crippen molar-refractivity contribution in [2.75, 3.05) is 44.3 Å². The van der Waals surface area contributed by atoms with Crippen LogP contribution in [0.2, 0.25) is 0 Å². The highest BCUT2D eigenvalue weighted by Gasteiger charge is 2.29. The van der Waals surface area contributed by atoms with E-state index in [9.17, 15) is 13.2 Å². The summed E-state index contributed by atoms with van der Waals surface area (Å²) >= 11 is 0. The Kier molecular flexibility index (Phi) is 6.71. The second-order valence-corrected chi connectivity index (χ2v) is 8.36. The maximum Gasteiger partial charge on any atom is 0.339 e. The average Bonchev–Trinajstić information content (AvgIpc) is 2.75. The minimum Gasteiger partial charge on any atom is -0.494 e. The van der Waals surface area contributed by atoms with E-state index in [1.54, 1.807) is 43.3 Å². The summed E-state index contributed by atoms with van der Waals surface area (Å²) in [6, 6.07) is 9.90. The lowest BCUT2D eigenvalue weighted by Crippen LogP contribution is -2.48. The number of esters is 1. The fourth-order valence-corrected chi connectivity index (χ4v) is 4.51. The first-order valence-corrected chi connectivity index (χ1v) is 11.0. The summed E-state index contributed by atoms with van der Waals surface area (Å²) in [7, 11) is -3.55. The van der Waals surface area contributed by atoms with E-state index in [1.807, 2.05) is 11.8 Å². The summed E-state index contributed by atoms with van der Waals surface area (Å²) in [6.45, 7) is 6.22. The van der Waals surface area contributed by atoms with Crippen LogP contribution in [0.1, 0.15) is 24.2 Å². The highest BCUT2D eigenvalue weighted by atomic mass is 32.2. The van der Waals surface area contributed by atoms with E-state index in [4.69, 9.17) is 9.47 Å². The Morgan fingerprint density at radius 3 is 2.24 bits per heavy atom. The van der Waals surface area contributed by atoms with Gasteiger partial charge in [-0.15, -0.1) is 0 Å². The van der Waals surface area contributed by atoms with Crippen molar-refractivity contribution in [3.8, 4) is 5.75 Å². The summed E-state index contributed by atoms with van der Waals surface area (Å²) < 4.78 is 37.6. The first kappa shape index (κ1) is 21.1. The van der Waals surface area contributed by atoms with Crippen molar-refractivity contribution in [2.45, 2.75) is 18.7 Å². The fraction of sp³-hybridized carbons (Fsp3) is 0.400. The van der Waals surface area contributed by atoms with Gasteiger partial charge in [-0.1, -0.05) is 0 Å². The molecule has 0 saturated carbocycles. The molecule has 2 aromatic rings. The molecule has 1 saturated heterocycles. The summed E-state index contributed by atoms with van der Waals surface area (Å²) in [4.78, 5) is 18.3. The summed E-state index contributed by atoms with van der Waals surface area (Å²) in [5.74, 6) is 0.947. The number of pyridine rings is 1. The number of nitrogens with zero attached hydrogens (tertiary/aromatic N) is 3. The van der Waals surface area contributed by atoms with E-state index in [0.29, 0.717) is 56.5 Å². The van der Waals surface area contributed by atoms with Crippen LogP contribution < -0.4 is 9.64 Å². The zero-order chi connectivity index (χ0) is 20.9. The van der Waals surface area contributed by atoms with Crippen LogP contribution in [0.5, 0.6) is 5.75 Å². The molecule has 1 fully saturated rings. The van der Waals surface area contributed by atoms with Crippen LogP contribution in [0.3, 0.4) is 0 Å². The van der Waals surface area contributed by atoms with E-state index in [2.05, 4.69) is 4.98 Å². The zero-order valence-corrected chi connectivity index (χ0v) is 17.4. The van der Waals surface area contributed by atoms with Gasteiger partial charge in [-0.25, -0.2) is 18.2 Å². The molecule has 0 spiro atoms. The van der Waals surface area contributed by atoms with E-state index in [1.165, 1.54) is 10.5 Å². The second kappa shape index (κ2) is 9.23. The molecule has 1 aliphatic rings. The predicted molar refractivity (Wildman–Crippen MR) is 109 cm³/mol. The standard InChI is InChI=1S/C20H25N3O5S/c1-3-27-17-6-8-18(9-7-17)29(25,26)23-13-11-22(12-14-23)19-10-5-16(15-21-19)20(24)28-4-2/h5-10,15H,3-4,11-14H2,1-2H3. The van der Waals surface area contributed by atoms with Crippen LogP contribution in [-0.4, -0.2) is 63.1 Å². The highest BCUT2D eigenvalue weighted by molar-refractivity contribution is 7.89. The molecular weight excluding hydrogens is 394 g/mol. The van der Waals surface area contributed by atoms with Gasteiger partial charge in [0.1, 0.15) is 11.6 Å². The first-order chi connectivity index (χ1) is 14.0. The van der Waals surface area contributed by atoms with Crippen molar-refractivity contribution >= 4 is 21.8 Å². The van der Waals surface area contributed by atoms with Crippen molar-refractivity contribution in [3.63, 3.8) is 0 Å². The molecule has 29 heavy (non-hydrogen) atoms. The molecule has 0 unspecified atom stereocenters. The second-order valence-electron chi connectivity index (χ2n) is 6.42. The van der Waals surface area contributed by atoms with Crippen LogP contribution >= 0.6 is 0 Å². The largest absolute Gasteiger partial charge is 0.494 e. The van der Waals surface area contributed by atoms with Crippen LogP contribution in [0.25, 0.3) is 0 Å². The molecule has 0 radical (unpaired) electrons. The molecule has 0 amide bonds. The van der Waals surface area contributed by atoms with E-state index < -0.39 is 16.0 Å². The quantitative estimate of drug-likeness (QED) is 0.636. The third kappa shape index (κ3) is 4.86. The Morgan fingerprint density at radius 2 is 1.69 bits per heavy atom. The number of hydrogen-bond donors (Lipinski definition) is 0. The molecule has 3 rings (SSSR count). The molecule has 0 aliphatic carbocycles. The zero-order valence-electron chi connectivity index (χ0n) is 16.6. The van der Waals surface area contributed by atoms with Gasteiger partial charge in [0.15, 0.2) is 0 Å². The van der Waals surface area contributed by atoms with Crippen molar-refractivity contribution in [2.24, 2.45) is 0 Å². The van der Waals surface area contributed by atoms with Gasteiger partial charge in [-0.3, -0.25) is 0 Å². The third-order valence-corrected chi connectivity index (χ3v) is 6.51. The van der Waals surface area contributed by atoms with E-state index >= 15 is 0 Å². The van der Waals surface area contributed by atoms with Crippen molar-refractivity contribution in [1.82, 2.24) is 9.29 Å². The average molecular weight is 420 g/mol. The number of carbonyl (C=O) groups is 1. The molecular formula is C20H25N3O5S. The number of carbonyl (C=O) groups excluding carboxylic acids is 1. The molecule has 0 atom stereocenters. The number of ether oxygens (including phenoxy) is 2. The smallest absolute Gasteiger partial charge is 0.339 e. The molecule has 0 bridgehead atoms. The number of rotatable bonds is 7. The molecule has 2 heterocycles. The monoisotopic (exact) mass is 419 g/mol. The maximum atomic E-state index is 12.9. The van der Waals surface area contributed by atoms with Crippen molar-refractivity contribution in [1.29, 1.82) is 0 Å². The van der Waals surface area contributed by atoms with Crippen LogP contribution in [0, 0.1) is 0 Å². The predicted octanol–water partition coefficient (Wildman–Crippen LogP) is 2.17. The molecule has 0 N–H and O–H groups in total. The molecule has 1 aliphatic heterocycles. The first-order valence-electron chi connectivity index (χ1n) is 9.57. The summed E-state index contributed by atoms with van der Waals surface area (Å²) in [6.07, 6.45) is 1.48. The van der Waals surface area contributed by atoms with Crippen LogP contribution in [0.15, 0.2) is 47.5 Å². The molecule has 1 aromatic heterocycles. The Morgan fingerprint density at radius 1 is 1.00 bits per heavy atom. The lowest BCUT2D eigenvalue weighted by molar-refractivity contribution is 0.0526. The minimum absolute atomic E-state index is 0.256. The van der Waals surface area contributed by atoms with Crippen LogP contribution in [-0.2, 0) is 14.8 Å². The van der Waals surface area contributed by atoms with E-state index in [-0.39, 0.29) is 4.90 Å². The van der Waals surface area contributed by atoms with Crippen molar-refractivity contribution < 1.29 is 22.7 Å². The minimum atomic E-state index is -3.55. The Bertz CT molecular complexity index is 922. The van der Waals surface area contributed by atoms with Gasteiger partial charge in [0.05, 0.1) is 23.7 Å². The highest BCUT2D eigenvalue weighted by Crippen LogP contribution is 2.22. The lowest BCUT2D eigenvalue weighted by atomic mass is 10.2. The molecule has 1 aromatic carbocycles. The number of aromatic nitrogens is 1. The normalized spacial score (nSPS) is 15.2. The number of anilines is 1. The fourth-order valence-electron chi connectivity index (χ4n) is 3.09. The number of hydrogen-bond acceptors (Lipinski definition) is 7. The maximum absolute atomic E-state index is 12.9. The Balaban J connectivity index is 1.63. The Hall–Kier alpha value is -2.65. The third-order valence-electron chi connectivity index (χ3n) is 4.59. The van der Waals surface area contributed by atoms with Gasteiger partial charge in [-0.2, -0.15) is 4.31 Å². The van der Waals surface area contributed by atoms with Gasteiger partial charge in [-0.05, 0) is 50.2 Å². The lowest BCUT2D eigenvalue weighted by Gasteiger charge is -2.34. The van der Waals surface area contributed by atoms with Gasteiger partial charge >= 0.3 is 5.97 Å². The molecule has 8 nitrogen and oxygen atoms in total. The summed E-state index contributed by atoms with van der Waals surface area (Å²) in [5.41, 5.74) is 0.396. The SMILES string of the molecule is CCOC(=O)c1ccc(N2CCN(S(=O)(=O)c3ccc(OCC)cc3)CC2)nc1. The van der Waals surface area contributed by atoms with Crippen molar-refractivity contribution in [3.05, 3.63) is 48.2 Å². The summed E-state index contributed by atoms with van der Waals surface area (Å²) in [5, 5.41) is 0. The molecule has 156 valence electrons. The number of benzene rings is 1. The van der Waals surface area contributed by atoms with Crippen LogP contribution in [0.4, 0.5) is 5.82 Å². The van der Waals surface area contributed by atoms with E-state index in [0.717, 1.165) is 0 Å². The van der Waals surface area contributed by atoms with Gasteiger partial charge in [0, 0.05) is 32.4 Å². The number of piperazine rings is 1. The van der Waals surface area contributed by atoms with Gasteiger partial charge in [0.25, 0.3) is 0 Å². The Labute approximate surface area is 171 Å².